The summed E-state index contributed by atoms with van der Waals surface area (Å²) in [5.74, 6) is 1.38. The molecule has 0 amide bonds. The lowest BCUT2D eigenvalue weighted by Gasteiger charge is -2.00. The van der Waals surface area contributed by atoms with Gasteiger partial charge in [-0.25, -0.2) is 4.98 Å². The van der Waals surface area contributed by atoms with Crippen LogP contribution in [0.25, 0.3) is 11.2 Å². The van der Waals surface area contributed by atoms with Crippen LogP contribution >= 0.6 is 15.9 Å². The summed E-state index contributed by atoms with van der Waals surface area (Å²) in [7, 11) is 0. The third-order valence-electron chi connectivity index (χ3n) is 2.94. The van der Waals surface area contributed by atoms with Gasteiger partial charge >= 0.3 is 0 Å². The van der Waals surface area contributed by atoms with Crippen LogP contribution in [0.1, 0.15) is 37.5 Å². The first-order valence-corrected chi connectivity index (χ1v) is 6.05. The lowest BCUT2D eigenvalue weighted by atomic mass is 10.1. The zero-order chi connectivity index (χ0) is 10.3. The normalized spacial score (nSPS) is 17.7. The standard InChI is InChI=1S/C11H11BrN2O/c12-9-6-5-8-10(13-9)14-11(15-8)7-3-1-2-4-7/h5-7H,1-4H2. The molecule has 0 atom stereocenters. The second-order valence-electron chi connectivity index (χ2n) is 3.99. The fourth-order valence-corrected chi connectivity index (χ4v) is 2.46. The summed E-state index contributed by atoms with van der Waals surface area (Å²) >= 11 is 3.33. The van der Waals surface area contributed by atoms with Crippen molar-refractivity contribution in [3.05, 3.63) is 22.6 Å². The van der Waals surface area contributed by atoms with Gasteiger partial charge in [0.05, 0.1) is 0 Å². The van der Waals surface area contributed by atoms with Gasteiger partial charge in [-0.3, -0.25) is 0 Å². The van der Waals surface area contributed by atoms with E-state index < -0.39 is 0 Å². The van der Waals surface area contributed by atoms with Crippen molar-refractivity contribution in [2.75, 3.05) is 0 Å². The highest BCUT2D eigenvalue weighted by Crippen LogP contribution is 2.34. The number of hydrogen-bond donors (Lipinski definition) is 0. The molecule has 1 fully saturated rings. The van der Waals surface area contributed by atoms with Crippen molar-refractivity contribution in [2.45, 2.75) is 31.6 Å². The first kappa shape index (κ1) is 9.33. The molecule has 2 heterocycles. The van der Waals surface area contributed by atoms with Crippen molar-refractivity contribution >= 4 is 27.2 Å². The average Bonchev–Trinajstić information content (AvgIpc) is 2.84. The third-order valence-corrected chi connectivity index (χ3v) is 3.38. The fourth-order valence-electron chi connectivity index (χ4n) is 2.16. The summed E-state index contributed by atoms with van der Waals surface area (Å²) in [6.45, 7) is 0. The highest BCUT2D eigenvalue weighted by Gasteiger charge is 2.22. The topological polar surface area (TPSA) is 38.9 Å². The predicted octanol–water partition coefficient (Wildman–Crippen LogP) is 3.64. The van der Waals surface area contributed by atoms with Gasteiger partial charge in [0.15, 0.2) is 17.1 Å². The maximum atomic E-state index is 5.71. The molecule has 78 valence electrons. The van der Waals surface area contributed by atoms with E-state index in [4.69, 9.17) is 4.42 Å². The number of pyridine rings is 1. The first-order valence-electron chi connectivity index (χ1n) is 5.26. The highest BCUT2D eigenvalue weighted by atomic mass is 79.9. The van der Waals surface area contributed by atoms with Gasteiger partial charge in [-0.1, -0.05) is 12.8 Å². The molecule has 3 rings (SSSR count). The van der Waals surface area contributed by atoms with E-state index >= 15 is 0 Å². The van der Waals surface area contributed by atoms with Crippen LogP contribution < -0.4 is 0 Å². The van der Waals surface area contributed by atoms with Crippen molar-refractivity contribution < 1.29 is 4.42 Å². The number of fused-ring (bicyclic) bond motifs is 1. The molecule has 0 radical (unpaired) electrons. The molecule has 1 aliphatic rings. The SMILES string of the molecule is Brc1ccc2oc(C3CCCC3)nc2n1. The summed E-state index contributed by atoms with van der Waals surface area (Å²) in [4.78, 5) is 8.73. The molecule has 0 bridgehead atoms. The van der Waals surface area contributed by atoms with E-state index in [1.807, 2.05) is 12.1 Å². The Morgan fingerprint density at radius 1 is 1.20 bits per heavy atom. The fraction of sp³-hybridized carbons (Fsp3) is 0.455. The zero-order valence-corrected chi connectivity index (χ0v) is 9.83. The van der Waals surface area contributed by atoms with Crippen LogP contribution in [-0.4, -0.2) is 9.97 Å². The summed E-state index contributed by atoms with van der Waals surface area (Å²) in [6.07, 6.45) is 4.99. The van der Waals surface area contributed by atoms with Gasteiger partial charge in [0.25, 0.3) is 0 Å². The van der Waals surface area contributed by atoms with Crippen LogP contribution in [0.2, 0.25) is 0 Å². The molecule has 2 aromatic rings. The van der Waals surface area contributed by atoms with Crippen molar-refractivity contribution in [3.8, 4) is 0 Å². The minimum Gasteiger partial charge on any atom is -0.439 e. The van der Waals surface area contributed by atoms with E-state index in [9.17, 15) is 0 Å². The molecule has 1 saturated carbocycles. The number of halogens is 1. The van der Waals surface area contributed by atoms with Crippen LogP contribution in [0.5, 0.6) is 0 Å². The van der Waals surface area contributed by atoms with E-state index in [-0.39, 0.29) is 0 Å². The number of nitrogens with zero attached hydrogens (tertiary/aromatic N) is 2. The van der Waals surface area contributed by atoms with Gasteiger partial charge < -0.3 is 4.42 Å². The minimum atomic E-state index is 0.512. The third kappa shape index (κ3) is 1.67. The lowest BCUT2D eigenvalue weighted by molar-refractivity contribution is 0.474. The molecular weight excluding hydrogens is 256 g/mol. The smallest absolute Gasteiger partial charge is 0.200 e. The Bertz CT molecular complexity index is 488. The molecule has 0 unspecified atom stereocenters. The van der Waals surface area contributed by atoms with Crippen molar-refractivity contribution in [3.63, 3.8) is 0 Å². The Morgan fingerprint density at radius 3 is 2.80 bits per heavy atom. The monoisotopic (exact) mass is 266 g/mol. The van der Waals surface area contributed by atoms with Crippen LogP contribution in [-0.2, 0) is 0 Å². The Kier molecular flexibility index (Phi) is 2.24. The molecule has 15 heavy (non-hydrogen) atoms. The Morgan fingerprint density at radius 2 is 2.00 bits per heavy atom. The van der Waals surface area contributed by atoms with Crippen molar-refractivity contribution in [2.24, 2.45) is 0 Å². The van der Waals surface area contributed by atoms with Crippen LogP contribution in [0, 0.1) is 0 Å². The molecule has 0 spiro atoms. The van der Waals surface area contributed by atoms with E-state index in [0.29, 0.717) is 11.6 Å². The Hall–Kier alpha value is -0.900. The van der Waals surface area contributed by atoms with Gasteiger partial charge in [-0.15, -0.1) is 0 Å². The van der Waals surface area contributed by atoms with E-state index in [0.717, 1.165) is 16.1 Å². The molecule has 0 saturated heterocycles. The van der Waals surface area contributed by atoms with E-state index in [2.05, 4.69) is 25.9 Å². The van der Waals surface area contributed by atoms with Gasteiger partial charge in [0, 0.05) is 5.92 Å². The maximum absolute atomic E-state index is 5.71. The van der Waals surface area contributed by atoms with E-state index in [1.165, 1.54) is 25.7 Å². The maximum Gasteiger partial charge on any atom is 0.200 e. The molecule has 0 aliphatic heterocycles. The zero-order valence-electron chi connectivity index (χ0n) is 8.24. The summed E-state index contributed by atoms with van der Waals surface area (Å²) in [6, 6.07) is 3.80. The Labute approximate surface area is 96.0 Å². The molecule has 0 aromatic carbocycles. The molecule has 0 N–H and O–H groups in total. The second kappa shape index (κ2) is 3.59. The Balaban J connectivity index is 2.05. The van der Waals surface area contributed by atoms with Crippen LogP contribution in [0.15, 0.2) is 21.2 Å². The summed E-state index contributed by atoms with van der Waals surface area (Å²) in [5, 5.41) is 0. The van der Waals surface area contributed by atoms with Gasteiger partial charge in [0.1, 0.15) is 4.60 Å². The van der Waals surface area contributed by atoms with Gasteiger partial charge in [-0.05, 0) is 40.9 Å². The molecule has 4 heteroatoms. The molecule has 3 nitrogen and oxygen atoms in total. The quantitative estimate of drug-likeness (QED) is 0.740. The molecular formula is C11H11BrN2O. The molecule has 2 aromatic heterocycles. The number of oxazole rings is 1. The predicted molar refractivity (Wildman–Crippen MR) is 60.7 cm³/mol. The minimum absolute atomic E-state index is 0.512. The number of aromatic nitrogens is 2. The number of rotatable bonds is 1. The number of hydrogen-bond acceptors (Lipinski definition) is 3. The largest absolute Gasteiger partial charge is 0.439 e. The summed E-state index contributed by atoms with van der Waals surface area (Å²) in [5.41, 5.74) is 1.51. The van der Waals surface area contributed by atoms with Gasteiger partial charge in [0.2, 0.25) is 0 Å². The van der Waals surface area contributed by atoms with Crippen LogP contribution in [0.3, 0.4) is 0 Å². The molecule has 1 aliphatic carbocycles. The van der Waals surface area contributed by atoms with Crippen LogP contribution in [0.4, 0.5) is 0 Å². The second-order valence-corrected chi connectivity index (χ2v) is 4.80. The summed E-state index contributed by atoms with van der Waals surface area (Å²) < 4.78 is 6.52. The van der Waals surface area contributed by atoms with Crippen molar-refractivity contribution in [1.82, 2.24) is 9.97 Å². The van der Waals surface area contributed by atoms with Crippen molar-refractivity contribution in [1.29, 1.82) is 0 Å². The first-order chi connectivity index (χ1) is 7.33. The van der Waals surface area contributed by atoms with Gasteiger partial charge in [-0.2, -0.15) is 4.98 Å². The average molecular weight is 267 g/mol. The van der Waals surface area contributed by atoms with E-state index in [1.54, 1.807) is 0 Å². The lowest BCUT2D eigenvalue weighted by Crippen LogP contribution is -1.91. The highest BCUT2D eigenvalue weighted by molar-refractivity contribution is 9.10.